The van der Waals surface area contributed by atoms with Gasteiger partial charge in [0.2, 0.25) is 5.91 Å². The fourth-order valence-corrected chi connectivity index (χ4v) is 4.47. The number of carbonyl (C=O) groups excluding carboxylic acids is 1. The average Bonchev–Trinajstić information content (AvgIpc) is 2.63. The highest BCUT2D eigenvalue weighted by Crippen LogP contribution is 2.32. The molecule has 0 aromatic rings. The normalized spacial score (nSPS) is 27.1. The van der Waals surface area contributed by atoms with E-state index < -0.39 is 0 Å². The van der Waals surface area contributed by atoms with Crippen molar-refractivity contribution >= 4 is 5.91 Å². The molecular formula is C18H33N3O2. The molecule has 1 amide bonds. The molecule has 3 fully saturated rings. The first-order chi connectivity index (χ1) is 11.2. The number of hydrogen-bond donors (Lipinski definition) is 1. The van der Waals surface area contributed by atoms with Crippen molar-refractivity contribution < 1.29 is 9.53 Å². The molecule has 3 aliphatic rings. The summed E-state index contributed by atoms with van der Waals surface area (Å²) >= 11 is 0. The molecular weight excluding hydrogens is 290 g/mol. The van der Waals surface area contributed by atoms with E-state index in [0.29, 0.717) is 19.8 Å². The summed E-state index contributed by atoms with van der Waals surface area (Å²) < 4.78 is 5.43. The summed E-state index contributed by atoms with van der Waals surface area (Å²) in [6.45, 7) is 6.83. The molecule has 0 atom stereocenters. The minimum Gasteiger partial charge on any atom is -0.381 e. The van der Waals surface area contributed by atoms with Gasteiger partial charge in [0.15, 0.2) is 0 Å². The largest absolute Gasteiger partial charge is 0.381 e. The average molecular weight is 323 g/mol. The van der Waals surface area contributed by atoms with Crippen molar-refractivity contribution in [2.24, 2.45) is 17.1 Å². The monoisotopic (exact) mass is 323 g/mol. The summed E-state index contributed by atoms with van der Waals surface area (Å²) in [4.78, 5) is 17.6. The van der Waals surface area contributed by atoms with E-state index in [-0.39, 0.29) is 11.3 Å². The van der Waals surface area contributed by atoms with Gasteiger partial charge in [-0.05, 0) is 31.6 Å². The Bertz CT molecular complexity index is 382. The number of hydrogen-bond acceptors (Lipinski definition) is 4. The molecule has 5 nitrogen and oxygen atoms in total. The van der Waals surface area contributed by atoms with Crippen LogP contribution in [0.3, 0.4) is 0 Å². The molecule has 0 spiro atoms. The van der Waals surface area contributed by atoms with Crippen molar-refractivity contribution in [3.05, 3.63) is 0 Å². The van der Waals surface area contributed by atoms with Crippen molar-refractivity contribution in [3.63, 3.8) is 0 Å². The number of carbonyl (C=O) groups is 1. The maximum Gasteiger partial charge on any atom is 0.230 e. The van der Waals surface area contributed by atoms with Crippen molar-refractivity contribution in [1.29, 1.82) is 0 Å². The number of rotatable bonds is 4. The Morgan fingerprint density at radius 1 is 1.04 bits per heavy atom. The lowest BCUT2D eigenvalue weighted by Gasteiger charge is -2.43. The van der Waals surface area contributed by atoms with Crippen LogP contribution in [0.1, 0.15) is 44.9 Å². The molecule has 3 rings (SSSR count). The molecule has 0 aromatic carbocycles. The van der Waals surface area contributed by atoms with Gasteiger partial charge in [0.25, 0.3) is 0 Å². The summed E-state index contributed by atoms with van der Waals surface area (Å²) in [6, 6.07) is 0. The van der Waals surface area contributed by atoms with Gasteiger partial charge in [0, 0.05) is 52.5 Å². The van der Waals surface area contributed by atoms with E-state index in [1.54, 1.807) is 0 Å². The van der Waals surface area contributed by atoms with Gasteiger partial charge in [-0.25, -0.2) is 0 Å². The Balaban J connectivity index is 1.48. The van der Waals surface area contributed by atoms with Crippen LogP contribution in [0.25, 0.3) is 0 Å². The maximum atomic E-state index is 13.0. The van der Waals surface area contributed by atoms with Gasteiger partial charge in [0.05, 0.1) is 5.41 Å². The Morgan fingerprint density at radius 2 is 1.70 bits per heavy atom. The lowest BCUT2D eigenvalue weighted by Crippen LogP contribution is -2.56. The third-order valence-electron chi connectivity index (χ3n) is 6.19. The molecule has 1 saturated carbocycles. The number of ether oxygens (including phenoxy) is 1. The summed E-state index contributed by atoms with van der Waals surface area (Å²) in [5.74, 6) is 1.16. The second kappa shape index (κ2) is 7.95. The van der Waals surface area contributed by atoms with Gasteiger partial charge < -0.3 is 15.4 Å². The summed E-state index contributed by atoms with van der Waals surface area (Å²) in [5, 5.41) is 0. The molecule has 2 saturated heterocycles. The van der Waals surface area contributed by atoms with Crippen LogP contribution >= 0.6 is 0 Å². The van der Waals surface area contributed by atoms with E-state index in [4.69, 9.17) is 10.5 Å². The van der Waals surface area contributed by atoms with Gasteiger partial charge in [-0.15, -0.1) is 0 Å². The molecule has 2 heterocycles. The zero-order valence-corrected chi connectivity index (χ0v) is 14.5. The van der Waals surface area contributed by atoms with Crippen LogP contribution in [-0.4, -0.2) is 68.2 Å². The fourth-order valence-electron chi connectivity index (χ4n) is 4.47. The van der Waals surface area contributed by atoms with E-state index >= 15 is 0 Å². The minimum absolute atomic E-state index is 0.278. The molecule has 2 N–H and O–H groups in total. The van der Waals surface area contributed by atoms with E-state index in [1.807, 2.05) is 0 Å². The zero-order valence-electron chi connectivity index (χ0n) is 14.5. The molecule has 2 aliphatic heterocycles. The second-order valence-electron chi connectivity index (χ2n) is 7.69. The molecule has 23 heavy (non-hydrogen) atoms. The highest BCUT2D eigenvalue weighted by Gasteiger charge is 2.42. The summed E-state index contributed by atoms with van der Waals surface area (Å²) in [6.07, 6.45) is 8.60. The first-order valence-electron chi connectivity index (χ1n) is 9.53. The lowest BCUT2D eigenvalue weighted by atomic mass is 9.78. The Morgan fingerprint density at radius 3 is 2.30 bits per heavy atom. The highest BCUT2D eigenvalue weighted by molar-refractivity contribution is 5.83. The molecule has 5 heteroatoms. The predicted octanol–water partition coefficient (Wildman–Crippen LogP) is 1.47. The number of nitrogens with zero attached hydrogens (tertiary/aromatic N) is 2. The van der Waals surface area contributed by atoms with E-state index in [9.17, 15) is 4.79 Å². The molecule has 0 aromatic heterocycles. The topological polar surface area (TPSA) is 58.8 Å². The maximum absolute atomic E-state index is 13.0. The van der Waals surface area contributed by atoms with Gasteiger partial charge in [0.1, 0.15) is 0 Å². The number of nitrogens with two attached hydrogens (primary N) is 1. The second-order valence-corrected chi connectivity index (χ2v) is 7.69. The SMILES string of the molecule is NCC1(C(=O)N2CCN(CC3CCCCC3)CC2)CCOCC1. The summed E-state index contributed by atoms with van der Waals surface area (Å²) in [7, 11) is 0. The van der Waals surface area contributed by atoms with Gasteiger partial charge in [-0.3, -0.25) is 9.69 Å². The quantitative estimate of drug-likeness (QED) is 0.851. The number of piperazine rings is 1. The van der Waals surface area contributed by atoms with Crippen molar-refractivity contribution in [2.45, 2.75) is 44.9 Å². The molecule has 132 valence electrons. The van der Waals surface area contributed by atoms with Crippen molar-refractivity contribution in [1.82, 2.24) is 9.80 Å². The van der Waals surface area contributed by atoms with Crippen molar-refractivity contribution in [2.75, 3.05) is 52.5 Å². The highest BCUT2D eigenvalue weighted by atomic mass is 16.5. The molecule has 0 bridgehead atoms. The van der Waals surface area contributed by atoms with Crippen molar-refractivity contribution in [3.8, 4) is 0 Å². The number of amides is 1. The standard InChI is InChI=1S/C18H33N3O2/c19-15-18(6-12-23-13-7-18)17(22)21-10-8-20(9-11-21)14-16-4-2-1-3-5-16/h16H,1-15,19H2. The zero-order chi connectivity index (χ0) is 16.1. The van der Waals surface area contributed by atoms with E-state index in [2.05, 4.69) is 9.80 Å². The van der Waals surface area contributed by atoms with Crippen LogP contribution in [0.5, 0.6) is 0 Å². The van der Waals surface area contributed by atoms with Gasteiger partial charge >= 0.3 is 0 Å². The van der Waals surface area contributed by atoms with E-state index in [0.717, 1.165) is 44.9 Å². The van der Waals surface area contributed by atoms with Gasteiger partial charge in [-0.2, -0.15) is 0 Å². The van der Waals surface area contributed by atoms with Gasteiger partial charge in [-0.1, -0.05) is 19.3 Å². The third kappa shape index (κ3) is 4.06. The van der Waals surface area contributed by atoms with E-state index in [1.165, 1.54) is 38.6 Å². The van der Waals surface area contributed by atoms with Crippen LogP contribution in [0.15, 0.2) is 0 Å². The smallest absolute Gasteiger partial charge is 0.230 e. The van der Waals surface area contributed by atoms with Crippen LogP contribution < -0.4 is 5.73 Å². The molecule has 0 unspecified atom stereocenters. The lowest BCUT2D eigenvalue weighted by molar-refractivity contribution is -0.149. The van der Waals surface area contributed by atoms with Crippen LogP contribution in [-0.2, 0) is 9.53 Å². The van der Waals surface area contributed by atoms with Crippen LogP contribution in [0.4, 0.5) is 0 Å². The fraction of sp³-hybridized carbons (Fsp3) is 0.944. The first kappa shape index (κ1) is 17.2. The minimum atomic E-state index is -0.357. The Hall–Kier alpha value is -0.650. The molecule has 1 aliphatic carbocycles. The molecule has 0 radical (unpaired) electrons. The van der Waals surface area contributed by atoms with Crippen LogP contribution in [0, 0.1) is 11.3 Å². The predicted molar refractivity (Wildman–Crippen MR) is 91.1 cm³/mol. The first-order valence-corrected chi connectivity index (χ1v) is 9.53. The van der Waals surface area contributed by atoms with Crippen LogP contribution in [0.2, 0.25) is 0 Å². The summed E-state index contributed by atoms with van der Waals surface area (Å²) in [5.41, 5.74) is 5.63. The third-order valence-corrected chi connectivity index (χ3v) is 6.19. The Kier molecular flexibility index (Phi) is 5.94. The Labute approximate surface area is 140 Å².